The lowest BCUT2D eigenvalue weighted by Crippen LogP contribution is -2.33. The molecule has 0 aliphatic carbocycles. The molecule has 1 fully saturated rings. The third kappa shape index (κ3) is 2.37. The summed E-state index contributed by atoms with van der Waals surface area (Å²) in [6.07, 6.45) is -3.96. The lowest BCUT2D eigenvalue weighted by Gasteiger charge is -2.18. The van der Waals surface area contributed by atoms with Crippen molar-refractivity contribution < 1.29 is 24.8 Å². The predicted octanol–water partition coefficient (Wildman–Crippen LogP) is -2.05. The maximum atomic E-state index is 12.5. The summed E-state index contributed by atoms with van der Waals surface area (Å²) in [6, 6.07) is 0. The first-order valence-electron chi connectivity index (χ1n) is 7.30. The van der Waals surface area contributed by atoms with Gasteiger partial charge in [0.05, 0.1) is 12.9 Å². The molecule has 2 aromatic heterocycles. The smallest absolute Gasteiger partial charge is 0.285 e. The molecule has 0 radical (unpaired) electrons. The summed E-state index contributed by atoms with van der Waals surface area (Å²) in [4.78, 5) is 20.7. The fraction of sp³-hybridized carbons (Fsp3) is 0.615. The van der Waals surface area contributed by atoms with E-state index in [2.05, 4.69) is 9.97 Å². The van der Waals surface area contributed by atoms with Crippen molar-refractivity contribution in [1.29, 1.82) is 0 Å². The first-order chi connectivity index (χ1) is 11.4. The van der Waals surface area contributed by atoms with E-state index in [1.165, 1.54) is 18.0 Å². The first kappa shape index (κ1) is 16.8. The Kier molecular flexibility index (Phi) is 4.27. The summed E-state index contributed by atoms with van der Waals surface area (Å²) in [5, 5.41) is 29.1. The van der Waals surface area contributed by atoms with E-state index in [0.29, 0.717) is 0 Å². The fourth-order valence-electron chi connectivity index (χ4n) is 2.75. The Hall–Kier alpha value is -2.05. The zero-order chi connectivity index (χ0) is 17.6. The second kappa shape index (κ2) is 6.11. The van der Waals surface area contributed by atoms with Crippen LogP contribution in [0.5, 0.6) is 0 Å². The van der Waals surface area contributed by atoms with Crippen molar-refractivity contribution in [2.75, 3.05) is 19.5 Å². The number of ether oxygens (including phenoxy) is 2. The number of fused-ring (bicyclic) bond motifs is 1. The van der Waals surface area contributed by atoms with Gasteiger partial charge in [0.25, 0.3) is 5.56 Å². The molecule has 132 valence electrons. The number of nitrogen functional groups attached to an aromatic ring is 1. The maximum absolute atomic E-state index is 12.5. The van der Waals surface area contributed by atoms with Gasteiger partial charge in [0.2, 0.25) is 5.95 Å². The highest BCUT2D eigenvalue weighted by atomic mass is 16.6. The highest BCUT2D eigenvalue weighted by molar-refractivity contribution is 5.71. The number of aliphatic hydroxyl groups excluding tert-OH is 3. The Morgan fingerprint density at radius 2 is 2.17 bits per heavy atom. The van der Waals surface area contributed by atoms with Gasteiger partial charge in [-0.25, -0.2) is 4.98 Å². The van der Waals surface area contributed by atoms with E-state index in [4.69, 9.17) is 15.2 Å². The molecule has 1 aliphatic heterocycles. The number of rotatable bonds is 4. The van der Waals surface area contributed by atoms with E-state index in [1.54, 1.807) is 6.92 Å². The molecule has 11 nitrogen and oxygen atoms in total. The van der Waals surface area contributed by atoms with Crippen LogP contribution in [0, 0.1) is 0 Å². The molecule has 1 unspecified atom stereocenters. The Balaban J connectivity index is 2.11. The van der Waals surface area contributed by atoms with E-state index in [0.717, 1.165) is 4.57 Å². The van der Waals surface area contributed by atoms with Gasteiger partial charge in [0.1, 0.15) is 24.5 Å². The molecule has 0 aromatic carbocycles. The van der Waals surface area contributed by atoms with Crippen LogP contribution in [0.15, 0.2) is 11.1 Å². The normalized spacial score (nSPS) is 28.5. The minimum Gasteiger partial charge on any atom is -0.394 e. The minimum absolute atomic E-state index is 0.0193. The molecule has 0 bridgehead atoms. The highest BCUT2D eigenvalue weighted by Crippen LogP contribution is 2.31. The van der Waals surface area contributed by atoms with Crippen molar-refractivity contribution in [1.82, 2.24) is 19.1 Å². The molecule has 0 amide bonds. The molecule has 11 heteroatoms. The quantitative estimate of drug-likeness (QED) is 0.491. The van der Waals surface area contributed by atoms with Crippen molar-refractivity contribution in [3.05, 3.63) is 16.7 Å². The van der Waals surface area contributed by atoms with Crippen LogP contribution in [0.25, 0.3) is 11.2 Å². The van der Waals surface area contributed by atoms with E-state index >= 15 is 0 Å². The van der Waals surface area contributed by atoms with Crippen LogP contribution in [-0.2, 0) is 9.47 Å². The van der Waals surface area contributed by atoms with Gasteiger partial charge in [-0.3, -0.25) is 13.9 Å². The lowest BCUT2D eigenvalue weighted by atomic mass is 10.1. The molecule has 0 spiro atoms. The number of nitrogens with zero attached hydrogens (tertiary/aromatic N) is 4. The minimum atomic E-state index is -1.32. The molecular formula is C13H19N5O6. The number of imidazole rings is 1. The number of nitrogens with two attached hydrogens (primary N) is 1. The van der Waals surface area contributed by atoms with Crippen molar-refractivity contribution in [3.63, 3.8) is 0 Å². The van der Waals surface area contributed by atoms with Crippen LogP contribution in [0.1, 0.15) is 19.4 Å². The molecular weight excluding hydrogens is 322 g/mol. The van der Waals surface area contributed by atoms with Crippen LogP contribution in [0.2, 0.25) is 0 Å². The third-order valence-electron chi connectivity index (χ3n) is 4.15. The molecule has 1 aliphatic rings. The second-order valence-corrected chi connectivity index (χ2v) is 5.53. The fourth-order valence-corrected chi connectivity index (χ4v) is 2.75. The standard InChI is InChI=1S/C13H19N5O6/c1-5(23-2)18-11(22)7-10(16-13(18)14)17(4-15-7)12-9(21)8(20)6(3-19)24-12/h4-6,8-9,12,19-21H,3H2,1-2H3,(H2,14,16)/t5?,6-,8-,9-,12-/m1/s1. The van der Waals surface area contributed by atoms with Gasteiger partial charge in [-0.1, -0.05) is 0 Å². The average Bonchev–Trinajstić information content (AvgIpc) is 3.09. The molecule has 2 aromatic rings. The average molecular weight is 341 g/mol. The SMILES string of the molecule is COC(C)n1c(N)nc2c(ncn2[C@@H]2O[C@H](CO)[C@@H](O)[C@H]2O)c1=O. The van der Waals surface area contributed by atoms with Crippen LogP contribution in [0.3, 0.4) is 0 Å². The van der Waals surface area contributed by atoms with E-state index < -0.39 is 42.9 Å². The van der Waals surface area contributed by atoms with Gasteiger partial charge in [0, 0.05) is 7.11 Å². The van der Waals surface area contributed by atoms with E-state index in [9.17, 15) is 20.1 Å². The van der Waals surface area contributed by atoms with Gasteiger partial charge < -0.3 is 30.5 Å². The molecule has 3 rings (SSSR count). The Labute approximate surface area is 135 Å². The van der Waals surface area contributed by atoms with E-state index in [1.807, 2.05) is 0 Å². The van der Waals surface area contributed by atoms with Crippen molar-refractivity contribution in [2.45, 2.75) is 37.7 Å². The second-order valence-electron chi connectivity index (χ2n) is 5.53. The number of hydrogen-bond donors (Lipinski definition) is 4. The van der Waals surface area contributed by atoms with Crippen LogP contribution >= 0.6 is 0 Å². The molecule has 5 N–H and O–H groups in total. The summed E-state index contributed by atoms with van der Waals surface area (Å²) >= 11 is 0. The largest absolute Gasteiger partial charge is 0.394 e. The zero-order valence-corrected chi connectivity index (χ0v) is 13.1. The lowest BCUT2D eigenvalue weighted by molar-refractivity contribution is -0.0511. The van der Waals surface area contributed by atoms with Gasteiger partial charge in [0.15, 0.2) is 17.4 Å². The number of aromatic nitrogens is 4. The van der Waals surface area contributed by atoms with Gasteiger partial charge >= 0.3 is 0 Å². The Morgan fingerprint density at radius 1 is 1.46 bits per heavy atom. The molecule has 24 heavy (non-hydrogen) atoms. The maximum Gasteiger partial charge on any atom is 0.285 e. The Morgan fingerprint density at radius 3 is 2.75 bits per heavy atom. The van der Waals surface area contributed by atoms with Crippen LogP contribution < -0.4 is 11.3 Å². The molecule has 3 heterocycles. The van der Waals surface area contributed by atoms with Crippen molar-refractivity contribution >= 4 is 17.1 Å². The third-order valence-corrected chi connectivity index (χ3v) is 4.15. The number of hydrogen-bond acceptors (Lipinski definition) is 9. The predicted molar refractivity (Wildman–Crippen MR) is 80.9 cm³/mol. The van der Waals surface area contributed by atoms with Gasteiger partial charge in [-0.15, -0.1) is 0 Å². The molecule has 5 atom stereocenters. The number of anilines is 1. The van der Waals surface area contributed by atoms with Crippen LogP contribution in [0.4, 0.5) is 5.95 Å². The summed E-state index contributed by atoms with van der Waals surface area (Å²) in [6.45, 7) is 1.17. The summed E-state index contributed by atoms with van der Waals surface area (Å²) in [7, 11) is 1.43. The Bertz CT molecular complexity index is 804. The molecule has 0 saturated carbocycles. The molecule has 1 saturated heterocycles. The van der Waals surface area contributed by atoms with Gasteiger partial charge in [-0.2, -0.15) is 4.98 Å². The summed E-state index contributed by atoms with van der Waals surface area (Å²) in [5.41, 5.74) is 5.46. The van der Waals surface area contributed by atoms with Crippen molar-refractivity contribution in [2.24, 2.45) is 0 Å². The number of methoxy groups -OCH3 is 1. The van der Waals surface area contributed by atoms with E-state index in [-0.39, 0.29) is 17.1 Å². The van der Waals surface area contributed by atoms with Crippen molar-refractivity contribution in [3.8, 4) is 0 Å². The summed E-state index contributed by atoms with van der Waals surface area (Å²) < 4.78 is 13.0. The van der Waals surface area contributed by atoms with Gasteiger partial charge in [-0.05, 0) is 6.92 Å². The first-order valence-corrected chi connectivity index (χ1v) is 7.30. The van der Waals surface area contributed by atoms with Crippen LogP contribution in [-0.4, -0.2) is 66.5 Å². The highest BCUT2D eigenvalue weighted by Gasteiger charge is 2.44. The zero-order valence-electron chi connectivity index (χ0n) is 13.1. The summed E-state index contributed by atoms with van der Waals surface area (Å²) in [5.74, 6) is -0.0876. The topological polar surface area (TPSA) is 158 Å². The monoisotopic (exact) mass is 341 g/mol. The number of aliphatic hydroxyl groups is 3.